The minimum atomic E-state index is -4.38. The van der Waals surface area contributed by atoms with Crippen molar-refractivity contribution in [2.75, 3.05) is 5.32 Å². The number of benzene rings is 2. The number of halogens is 3. The number of alkyl halides is 3. The highest BCUT2D eigenvalue weighted by atomic mass is 19.4. The van der Waals surface area contributed by atoms with Gasteiger partial charge in [0.25, 0.3) is 5.68 Å². The second kappa shape index (κ2) is 7.16. The minimum Gasteiger partial charge on any atom is -0.432 e. The molecule has 0 spiro atoms. The molecule has 4 rings (SSSR count). The molecule has 9 heteroatoms. The summed E-state index contributed by atoms with van der Waals surface area (Å²) in [4.78, 5) is 7.72. The SMILES string of the molecule is CC(Nc1nc2c(Cn3ccoc3=N)cccc2[nH]1)c1cccc(C(F)(F)F)c1. The zero-order chi connectivity index (χ0) is 20.6. The third kappa shape index (κ3) is 3.89. The quantitative estimate of drug-likeness (QED) is 0.454. The largest absolute Gasteiger partial charge is 0.432 e. The van der Waals surface area contributed by atoms with Gasteiger partial charge in [-0.15, -0.1) is 0 Å². The molecule has 150 valence electrons. The van der Waals surface area contributed by atoms with Gasteiger partial charge in [0.05, 0.1) is 29.2 Å². The van der Waals surface area contributed by atoms with Crippen LogP contribution in [0, 0.1) is 5.41 Å². The summed E-state index contributed by atoms with van der Waals surface area (Å²) in [5, 5.41) is 10.9. The third-order valence-corrected chi connectivity index (χ3v) is 4.69. The molecule has 0 bridgehead atoms. The Labute approximate surface area is 163 Å². The van der Waals surface area contributed by atoms with Crippen LogP contribution in [0.2, 0.25) is 0 Å². The first-order chi connectivity index (χ1) is 13.8. The Kier molecular flexibility index (Phi) is 4.65. The highest BCUT2D eigenvalue weighted by Crippen LogP contribution is 2.31. The van der Waals surface area contributed by atoms with E-state index in [1.807, 2.05) is 18.2 Å². The summed E-state index contributed by atoms with van der Waals surface area (Å²) in [7, 11) is 0. The van der Waals surface area contributed by atoms with Crippen LogP contribution in [0.4, 0.5) is 19.1 Å². The van der Waals surface area contributed by atoms with Crippen molar-refractivity contribution in [3.63, 3.8) is 0 Å². The Morgan fingerprint density at radius 3 is 2.76 bits per heavy atom. The number of anilines is 1. The number of para-hydroxylation sites is 1. The molecule has 4 aromatic rings. The second-order valence-corrected chi connectivity index (χ2v) is 6.72. The van der Waals surface area contributed by atoms with Crippen LogP contribution in [0.3, 0.4) is 0 Å². The van der Waals surface area contributed by atoms with E-state index in [0.29, 0.717) is 18.1 Å². The molecule has 0 fully saturated rings. The topological polar surface area (TPSA) is 82.6 Å². The summed E-state index contributed by atoms with van der Waals surface area (Å²) in [5.41, 5.74) is 2.26. The zero-order valence-electron chi connectivity index (χ0n) is 15.4. The lowest BCUT2D eigenvalue weighted by molar-refractivity contribution is -0.137. The van der Waals surface area contributed by atoms with Crippen molar-refractivity contribution in [1.29, 1.82) is 5.41 Å². The first kappa shape index (κ1) is 18.9. The summed E-state index contributed by atoms with van der Waals surface area (Å²) in [6.45, 7) is 2.19. The van der Waals surface area contributed by atoms with E-state index in [0.717, 1.165) is 28.7 Å². The molecule has 2 heterocycles. The zero-order valence-corrected chi connectivity index (χ0v) is 15.4. The number of nitrogens with zero attached hydrogens (tertiary/aromatic N) is 2. The van der Waals surface area contributed by atoms with Crippen LogP contribution in [-0.2, 0) is 12.7 Å². The van der Waals surface area contributed by atoms with Crippen LogP contribution < -0.4 is 11.0 Å². The number of imidazole rings is 1. The van der Waals surface area contributed by atoms with Crippen LogP contribution >= 0.6 is 0 Å². The van der Waals surface area contributed by atoms with E-state index < -0.39 is 11.7 Å². The summed E-state index contributed by atoms with van der Waals surface area (Å²) >= 11 is 0. The molecular weight excluding hydrogens is 383 g/mol. The molecule has 0 saturated carbocycles. The molecular formula is C20H18F3N5O. The second-order valence-electron chi connectivity index (χ2n) is 6.72. The number of aromatic nitrogens is 3. The molecule has 2 aromatic carbocycles. The number of fused-ring (bicyclic) bond motifs is 1. The van der Waals surface area contributed by atoms with E-state index in [1.54, 1.807) is 23.8 Å². The van der Waals surface area contributed by atoms with Gasteiger partial charge >= 0.3 is 6.18 Å². The molecule has 0 aliphatic heterocycles. The maximum atomic E-state index is 13.0. The van der Waals surface area contributed by atoms with Crippen LogP contribution in [0.25, 0.3) is 11.0 Å². The van der Waals surface area contributed by atoms with Crippen LogP contribution in [0.1, 0.15) is 29.7 Å². The molecule has 1 unspecified atom stereocenters. The average Bonchev–Trinajstić information content (AvgIpc) is 3.27. The van der Waals surface area contributed by atoms with Gasteiger partial charge < -0.3 is 14.7 Å². The molecule has 3 N–H and O–H groups in total. The van der Waals surface area contributed by atoms with Crippen LogP contribution in [0.15, 0.2) is 59.3 Å². The van der Waals surface area contributed by atoms with Gasteiger partial charge in [0.15, 0.2) is 0 Å². The molecule has 0 aliphatic carbocycles. The first-order valence-corrected chi connectivity index (χ1v) is 8.91. The van der Waals surface area contributed by atoms with Gasteiger partial charge in [-0.2, -0.15) is 13.2 Å². The number of hydrogen-bond acceptors (Lipinski definition) is 4. The van der Waals surface area contributed by atoms with Crippen molar-refractivity contribution in [3.05, 3.63) is 77.3 Å². The Hall–Kier alpha value is -3.49. The molecule has 0 saturated heterocycles. The van der Waals surface area contributed by atoms with E-state index in [9.17, 15) is 13.2 Å². The average molecular weight is 401 g/mol. The molecule has 0 aliphatic rings. The highest BCUT2D eigenvalue weighted by Gasteiger charge is 2.30. The number of rotatable bonds is 5. The Morgan fingerprint density at radius 1 is 1.24 bits per heavy atom. The van der Waals surface area contributed by atoms with Crippen molar-refractivity contribution in [1.82, 2.24) is 14.5 Å². The van der Waals surface area contributed by atoms with Crippen molar-refractivity contribution < 1.29 is 17.6 Å². The van der Waals surface area contributed by atoms with Crippen LogP contribution in [-0.4, -0.2) is 14.5 Å². The Bertz CT molecular complexity index is 1200. The van der Waals surface area contributed by atoms with Crippen molar-refractivity contribution >= 4 is 17.0 Å². The lowest BCUT2D eigenvalue weighted by Gasteiger charge is -2.15. The summed E-state index contributed by atoms with van der Waals surface area (Å²) < 4.78 is 45.5. The summed E-state index contributed by atoms with van der Waals surface area (Å²) in [6.07, 6.45) is -1.27. The van der Waals surface area contributed by atoms with E-state index >= 15 is 0 Å². The molecule has 29 heavy (non-hydrogen) atoms. The maximum absolute atomic E-state index is 13.0. The van der Waals surface area contributed by atoms with Crippen molar-refractivity contribution in [3.8, 4) is 0 Å². The number of nitrogens with one attached hydrogen (secondary N) is 3. The van der Waals surface area contributed by atoms with Gasteiger partial charge in [0.1, 0.15) is 6.26 Å². The number of oxazole rings is 1. The minimum absolute atomic E-state index is 0.0362. The lowest BCUT2D eigenvalue weighted by atomic mass is 10.1. The van der Waals surface area contributed by atoms with Crippen LogP contribution in [0.5, 0.6) is 0 Å². The number of hydrogen-bond donors (Lipinski definition) is 3. The first-order valence-electron chi connectivity index (χ1n) is 8.91. The van der Waals surface area contributed by atoms with Gasteiger partial charge in [0, 0.05) is 6.20 Å². The fourth-order valence-electron chi connectivity index (χ4n) is 3.17. The smallest absolute Gasteiger partial charge is 0.416 e. The Balaban J connectivity index is 1.60. The van der Waals surface area contributed by atoms with E-state index in [-0.39, 0.29) is 11.7 Å². The van der Waals surface area contributed by atoms with Gasteiger partial charge in [-0.05, 0) is 36.2 Å². The maximum Gasteiger partial charge on any atom is 0.416 e. The van der Waals surface area contributed by atoms with Gasteiger partial charge in [0.2, 0.25) is 5.95 Å². The summed E-state index contributed by atoms with van der Waals surface area (Å²) in [5.74, 6) is 0.459. The van der Waals surface area contributed by atoms with Crippen molar-refractivity contribution in [2.24, 2.45) is 0 Å². The number of aromatic amines is 1. The van der Waals surface area contributed by atoms with Gasteiger partial charge in [-0.25, -0.2) is 4.98 Å². The monoisotopic (exact) mass is 401 g/mol. The molecule has 6 nitrogen and oxygen atoms in total. The Morgan fingerprint density at radius 2 is 2.03 bits per heavy atom. The van der Waals surface area contributed by atoms with Crippen molar-refractivity contribution in [2.45, 2.75) is 25.7 Å². The summed E-state index contributed by atoms with van der Waals surface area (Å²) in [6, 6.07) is 10.5. The molecule has 0 radical (unpaired) electrons. The predicted octanol–water partition coefficient (Wildman–Crippen LogP) is 4.68. The normalized spacial score (nSPS) is 13.0. The molecule has 0 amide bonds. The standard InChI is InChI=1S/C20H18F3N5O/c1-12(13-4-2-6-15(10-13)20(21,22)23)25-19-26-16-7-3-5-14(17(16)27-19)11-28-8-9-29-18(28)24/h2-10,12,24H,11H2,1H3,(H2,25,26,27). The highest BCUT2D eigenvalue weighted by molar-refractivity contribution is 5.81. The molecule has 2 aromatic heterocycles. The van der Waals surface area contributed by atoms with E-state index in [2.05, 4.69) is 15.3 Å². The number of H-pyrrole nitrogens is 1. The molecule has 1 atom stereocenters. The third-order valence-electron chi connectivity index (χ3n) is 4.69. The predicted molar refractivity (Wildman–Crippen MR) is 101 cm³/mol. The van der Waals surface area contributed by atoms with Gasteiger partial charge in [-0.1, -0.05) is 24.3 Å². The van der Waals surface area contributed by atoms with Gasteiger partial charge in [-0.3, -0.25) is 9.98 Å². The fourth-order valence-corrected chi connectivity index (χ4v) is 3.17. The van der Waals surface area contributed by atoms with E-state index in [1.165, 1.54) is 12.3 Å². The fraction of sp³-hybridized carbons (Fsp3) is 0.200. The van der Waals surface area contributed by atoms with E-state index in [4.69, 9.17) is 9.83 Å². The lowest BCUT2D eigenvalue weighted by Crippen LogP contribution is -2.14.